The average Bonchev–Trinajstić information content (AvgIpc) is 2.46. The third-order valence-corrected chi connectivity index (χ3v) is 3.14. The van der Waals surface area contributed by atoms with Gasteiger partial charge in [-0.2, -0.15) is 5.10 Å². The first-order chi connectivity index (χ1) is 6.86. The third-order valence-electron chi connectivity index (χ3n) is 2.52. The van der Waals surface area contributed by atoms with E-state index in [2.05, 4.69) is 26.1 Å². The summed E-state index contributed by atoms with van der Waals surface area (Å²) in [7, 11) is 0. The van der Waals surface area contributed by atoms with Gasteiger partial charge < -0.3 is 4.74 Å². The van der Waals surface area contributed by atoms with Crippen LogP contribution in [0, 0.1) is 0 Å². The predicted molar refractivity (Wildman–Crippen MR) is 57.6 cm³/mol. The molecule has 1 aliphatic heterocycles. The maximum absolute atomic E-state index is 5.70. The van der Waals surface area contributed by atoms with Gasteiger partial charge in [-0.3, -0.25) is 5.10 Å². The highest BCUT2D eigenvalue weighted by Gasteiger charge is 2.16. The van der Waals surface area contributed by atoms with Gasteiger partial charge in [0.25, 0.3) is 0 Å². The molecule has 0 amide bonds. The smallest absolute Gasteiger partial charge is 0.144 e. The quantitative estimate of drug-likeness (QED) is 0.783. The van der Waals surface area contributed by atoms with Crippen LogP contribution in [0.4, 0.5) is 0 Å². The van der Waals surface area contributed by atoms with E-state index >= 15 is 0 Å². The number of aromatic amines is 1. The molecule has 2 heterocycles. The summed E-state index contributed by atoms with van der Waals surface area (Å²) >= 11 is 3.50. The lowest BCUT2D eigenvalue weighted by molar-refractivity contribution is 0.317. The van der Waals surface area contributed by atoms with Crippen molar-refractivity contribution in [2.45, 2.75) is 12.8 Å². The molecule has 0 saturated heterocycles. The summed E-state index contributed by atoms with van der Waals surface area (Å²) < 4.78 is 6.71. The van der Waals surface area contributed by atoms with E-state index in [1.54, 1.807) is 0 Å². The summed E-state index contributed by atoms with van der Waals surface area (Å²) in [4.78, 5) is 0. The van der Waals surface area contributed by atoms with E-state index in [0.717, 1.165) is 40.6 Å². The minimum Gasteiger partial charge on any atom is -0.492 e. The number of H-pyrrole nitrogens is 1. The normalized spacial score (nSPS) is 15.2. The van der Waals surface area contributed by atoms with Gasteiger partial charge in [0.15, 0.2) is 0 Å². The maximum Gasteiger partial charge on any atom is 0.144 e. The molecule has 1 aromatic carbocycles. The average molecular weight is 253 g/mol. The van der Waals surface area contributed by atoms with Crippen LogP contribution in [-0.4, -0.2) is 16.8 Å². The molecule has 0 fully saturated rings. The molecule has 0 bridgehead atoms. The Morgan fingerprint density at radius 1 is 1.43 bits per heavy atom. The molecule has 72 valence electrons. The first-order valence-corrected chi connectivity index (χ1v) is 5.44. The van der Waals surface area contributed by atoms with Crippen molar-refractivity contribution in [3.05, 3.63) is 22.3 Å². The Balaban J connectivity index is 2.42. The van der Waals surface area contributed by atoms with E-state index in [1.807, 2.05) is 12.1 Å². The Hall–Kier alpha value is -1.03. The molecule has 14 heavy (non-hydrogen) atoms. The fourth-order valence-electron chi connectivity index (χ4n) is 1.86. The molecule has 4 heteroatoms. The third kappa shape index (κ3) is 1.07. The molecule has 0 aliphatic carbocycles. The number of nitrogens with zero attached hydrogens (tertiary/aromatic N) is 1. The molecule has 0 radical (unpaired) electrons. The number of hydrogen-bond donors (Lipinski definition) is 1. The molecule has 1 aromatic heterocycles. The molecule has 1 aliphatic rings. The largest absolute Gasteiger partial charge is 0.492 e. The van der Waals surface area contributed by atoms with Gasteiger partial charge in [0.2, 0.25) is 0 Å². The molecule has 0 unspecified atom stereocenters. The lowest BCUT2D eigenvalue weighted by Crippen LogP contribution is -1.96. The van der Waals surface area contributed by atoms with E-state index in [4.69, 9.17) is 4.74 Å². The molecular formula is C10H9BrN2O. The van der Waals surface area contributed by atoms with Gasteiger partial charge in [-0.25, -0.2) is 0 Å². The summed E-state index contributed by atoms with van der Waals surface area (Å²) in [5, 5.41) is 8.46. The fraction of sp³-hybridized carbons (Fsp3) is 0.300. The molecule has 0 spiro atoms. The second kappa shape index (κ2) is 2.98. The van der Waals surface area contributed by atoms with E-state index in [1.165, 1.54) is 5.69 Å². The maximum atomic E-state index is 5.70. The second-order valence-electron chi connectivity index (χ2n) is 3.42. The van der Waals surface area contributed by atoms with E-state index in [0.29, 0.717) is 0 Å². The van der Waals surface area contributed by atoms with Gasteiger partial charge in [-0.1, -0.05) is 0 Å². The van der Waals surface area contributed by atoms with Crippen LogP contribution in [-0.2, 0) is 6.42 Å². The summed E-state index contributed by atoms with van der Waals surface area (Å²) in [5.74, 6) is 0.934. The first-order valence-electron chi connectivity index (χ1n) is 4.64. The van der Waals surface area contributed by atoms with Crippen molar-refractivity contribution < 1.29 is 4.74 Å². The van der Waals surface area contributed by atoms with E-state index in [-0.39, 0.29) is 0 Å². The number of halogens is 1. The van der Waals surface area contributed by atoms with Crippen molar-refractivity contribution in [1.82, 2.24) is 10.2 Å². The lowest BCUT2D eigenvalue weighted by atomic mass is 10.1. The first kappa shape index (κ1) is 8.29. The van der Waals surface area contributed by atoms with Crippen molar-refractivity contribution in [1.29, 1.82) is 0 Å². The van der Waals surface area contributed by atoms with Gasteiger partial charge in [0.05, 0.1) is 22.0 Å². The lowest BCUT2D eigenvalue weighted by Gasteiger charge is -2.05. The van der Waals surface area contributed by atoms with Gasteiger partial charge in [0, 0.05) is 5.69 Å². The van der Waals surface area contributed by atoms with Crippen molar-refractivity contribution in [2.24, 2.45) is 0 Å². The second-order valence-corrected chi connectivity index (χ2v) is 4.28. The van der Waals surface area contributed by atoms with Crippen LogP contribution < -0.4 is 4.74 Å². The van der Waals surface area contributed by atoms with Crippen LogP contribution in [0.25, 0.3) is 10.9 Å². The highest BCUT2D eigenvalue weighted by atomic mass is 79.9. The van der Waals surface area contributed by atoms with Crippen LogP contribution in [0.15, 0.2) is 16.6 Å². The van der Waals surface area contributed by atoms with E-state index in [9.17, 15) is 0 Å². The number of ether oxygens (including phenoxy) is 1. The zero-order valence-corrected chi connectivity index (χ0v) is 9.10. The summed E-state index contributed by atoms with van der Waals surface area (Å²) in [6.07, 6.45) is 2.05. The number of rotatable bonds is 0. The molecule has 1 N–H and O–H groups in total. The van der Waals surface area contributed by atoms with Crippen LogP contribution in [0.1, 0.15) is 12.1 Å². The Bertz CT molecular complexity index is 492. The number of aryl methyl sites for hydroxylation is 1. The molecule has 3 nitrogen and oxygen atoms in total. The number of hydrogen-bond acceptors (Lipinski definition) is 2. The Morgan fingerprint density at radius 3 is 3.29 bits per heavy atom. The number of benzene rings is 1. The summed E-state index contributed by atoms with van der Waals surface area (Å²) in [6, 6.07) is 3.98. The molecule has 3 rings (SSSR count). The monoisotopic (exact) mass is 252 g/mol. The zero-order chi connectivity index (χ0) is 9.54. The topological polar surface area (TPSA) is 37.9 Å². The SMILES string of the molecule is Brc1ccc2n[nH]c3c2c1OCCC3. The van der Waals surface area contributed by atoms with Crippen LogP contribution >= 0.6 is 15.9 Å². The summed E-state index contributed by atoms with van der Waals surface area (Å²) in [5.41, 5.74) is 2.17. The standard InChI is InChI=1S/C10H9BrN2O/c11-6-3-4-8-9-7(12-13-8)2-1-5-14-10(6)9/h3-4H,1-2,5H2,(H,12,13). The zero-order valence-electron chi connectivity index (χ0n) is 7.51. The van der Waals surface area contributed by atoms with Crippen molar-refractivity contribution in [2.75, 3.05) is 6.61 Å². The highest BCUT2D eigenvalue weighted by molar-refractivity contribution is 9.10. The molecule has 0 saturated carbocycles. The summed E-state index contributed by atoms with van der Waals surface area (Å²) in [6.45, 7) is 0.778. The van der Waals surface area contributed by atoms with Crippen molar-refractivity contribution in [3.63, 3.8) is 0 Å². The molecule has 2 aromatic rings. The van der Waals surface area contributed by atoms with Crippen molar-refractivity contribution in [3.8, 4) is 5.75 Å². The Kier molecular flexibility index (Phi) is 1.77. The van der Waals surface area contributed by atoms with E-state index < -0.39 is 0 Å². The van der Waals surface area contributed by atoms with Crippen LogP contribution in [0.3, 0.4) is 0 Å². The minimum absolute atomic E-state index is 0.778. The number of nitrogens with one attached hydrogen (secondary N) is 1. The highest BCUT2D eigenvalue weighted by Crippen LogP contribution is 2.36. The van der Waals surface area contributed by atoms with Gasteiger partial charge in [-0.15, -0.1) is 0 Å². The van der Waals surface area contributed by atoms with Gasteiger partial charge in [-0.05, 0) is 40.9 Å². The molecule has 0 atom stereocenters. The van der Waals surface area contributed by atoms with Crippen LogP contribution in [0.5, 0.6) is 5.75 Å². The van der Waals surface area contributed by atoms with Crippen molar-refractivity contribution >= 4 is 26.8 Å². The van der Waals surface area contributed by atoms with Gasteiger partial charge in [0.1, 0.15) is 5.75 Å². The Morgan fingerprint density at radius 2 is 2.36 bits per heavy atom. The van der Waals surface area contributed by atoms with Gasteiger partial charge >= 0.3 is 0 Å². The Labute approximate surface area is 89.6 Å². The fourth-order valence-corrected chi connectivity index (χ4v) is 2.31. The number of aromatic nitrogens is 2. The van der Waals surface area contributed by atoms with Crippen LogP contribution in [0.2, 0.25) is 0 Å². The molecular weight excluding hydrogens is 244 g/mol. The minimum atomic E-state index is 0.778. The predicted octanol–water partition coefficient (Wildman–Crippen LogP) is 2.65.